The lowest BCUT2D eigenvalue weighted by molar-refractivity contribution is 0.0944. The van der Waals surface area contributed by atoms with E-state index in [-0.39, 0.29) is 5.91 Å². The monoisotopic (exact) mass is 262 g/mol. The lowest BCUT2D eigenvalue weighted by atomic mass is 10.1. The van der Waals surface area contributed by atoms with E-state index in [0.29, 0.717) is 31.9 Å². The van der Waals surface area contributed by atoms with Gasteiger partial charge in [-0.05, 0) is 12.5 Å². The normalized spacial score (nSPS) is 10.8. The van der Waals surface area contributed by atoms with E-state index in [9.17, 15) is 4.79 Å². The lowest BCUT2D eigenvalue weighted by Crippen LogP contribution is -2.25. The summed E-state index contributed by atoms with van der Waals surface area (Å²) < 4.78 is 10.6. The average Bonchev–Trinajstić information content (AvgIpc) is 2.86. The van der Waals surface area contributed by atoms with Crippen molar-refractivity contribution >= 4 is 16.9 Å². The fourth-order valence-corrected chi connectivity index (χ4v) is 1.81. The summed E-state index contributed by atoms with van der Waals surface area (Å²) in [6.07, 6.45) is 2.26. The first kappa shape index (κ1) is 13.6. The molecular formula is C14H18N2O3. The molecule has 0 saturated carbocycles. The van der Waals surface area contributed by atoms with Gasteiger partial charge in [-0.15, -0.1) is 0 Å². The second kappa shape index (κ2) is 6.92. The van der Waals surface area contributed by atoms with Crippen molar-refractivity contribution in [1.29, 1.82) is 0 Å². The smallest absolute Gasteiger partial charge is 0.255 e. The molecule has 2 rings (SSSR count). The van der Waals surface area contributed by atoms with Crippen LogP contribution in [0.2, 0.25) is 0 Å². The molecule has 0 aliphatic heterocycles. The number of benzene rings is 1. The van der Waals surface area contributed by atoms with Gasteiger partial charge in [0.25, 0.3) is 5.91 Å². The van der Waals surface area contributed by atoms with Crippen LogP contribution in [0.5, 0.6) is 0 Å². The molecule has 1 aromatic carbocycles. The minimum absolute atomic E-state index is 0.122. The predicted octanol–water partition coefficient (Wildman–Crippen LogP) is 1.53. The van der Waals surface area contributed by atoms with Gasteiger partial charge in [0.15, 0.2) is 0 Å². The van der Waals surface area contributed by atoms with E-state index in [1.54, 1.807) is 0 Å². The third-order valence-corrected chi connectivity index (χ3v) is 2.74. The Kier molecular flexibility index (Phi) is 4.94. The molecule has 3 N–H and O–H groups in total. The molecule has 0 unspecified atom stereocenters. The van der Waals surface area contributed by atoms with E-state index in [2.05, 4.69) is 5.32 Å². The second-order valence-electron chi connectivity index (χ2n) is 4.16. The highest BCUT2D eigenvalue weighted by molar-refractivity contribution is 6.05. The Morgan fingerprint density at radius 1 is 1.32 bits per heavy atom. The number of hydrogen-bond acceptors (Lipinski definition) is 4. The SMILES string of the molecule is NCCOCCCNC(=O)c1coc2ccccc12. The number of carbonyl (C=O) groups excluding carboxylic acids is 1. The van der Waals surface area contributed by atoms with Gasteiger partial charge in [0.1, 0.15) is 11.8 Å². The molecule has 0 aliphatic rings. The van der Waals surface area contributed by atoms with Crippen LogP contribution < -0.4 is 11.1 Å². The summed E-state index contributed by atoms with van der Waals surface area (Å²) in [6.45, 7) is 2.25. The summed E-state index contributed by atoms with van der Waals surface area (Å²) in [4.78, 5) is 12.0. The van der Waals surface area contributed by atoms with Gasteiger partial charge in [0.05, 0.1) is 12.2 Å². The Labute approximate surface area is 111 Å². The maximum atomic E-state index is 12.0. The van der Waals surface area contributed by atoms with E-state index in [4.69, 9.17) is 14.9 Å². The quantitative estimate of drug-likeness (QED) is 0.742. The van der Waals surface area contributed by atoms with Crippen LogP contribution >= 0.6 is 0 Å². The van der Waals surface area contributed by atoms with Crippen LogP contribution in [-0.4, -0.2) is 32.2 Å². The molecule has 0 bridgehead atoms. The molecule has 1 amide bonds. The van der Waals surface area contributed by atoms with Crippen molar-refractivity contribution in [2.75, 3.05) is 26.3 Å². The minimum Gasteiger partial charge on any atom is -0.463 e. The van der Waals surface area contributed by atoms with Crippen molar-refractivity contribution in [2.24, 2.45) is 5.73 Å². The maximum Gasteiger partial charge on any atom is 0.255 e. The standard InChI is InChI=1S/C14H18N2O3/c15-6-9-18-8-3-7-16-14(17)12-10-19-13-5-2-1-4-11(12)13/h1-2,4-5,10H,3,6-9,15H2,(H,16,17). The van der Waals surface area contributed by atoms with E-state index in [1.807, 2.05) is 24.3 Å². The fourth-order valence-electron chi connectivity index (χ4n) is 1.81. The molecule has 0 atom stereocenters. The molecule has 19 heavy (non-hydrogen) atoms. The molecule has 0 saturated heterocycles. The fraction of sp³-hybridized carbons (Fsp3) is 0.357. The molecule has 0 aliphatic carbocycles. The molecule has 0 fully saturated rings. The summed E-state index contributed by atoms with van der Waals surface area (Å²) >= 11 is 0. The molecular weight excluding hydrogens is 244 g/mol. The number of fused-ring (bicyclic) bond motifs is 1. The zero-order valence-corrected chi connectivity index (χ0v) is 10.7. The van der Waals surface area contributed by atoms with Gasteiger partial charge in [-0.3, -0.25) is 4.79 Å². The summed E-state index contributed by atoms with van der Waals surface area (Å²) in [6, 6.07) is 7.47. The number of para-hydroxylation sites is 1. The van der Waals surface area contributed by atoms with Crippen LogP contribution in [0.15, 0.2) is 34.9 Å². The molecule has 102 valence electrons. The number of ether oxygens (including phenoxy) is 1. The Bertz CT molecular complexity index is 536. The first-order valence-electron chi connectivity index (χ1n) is 6.35. The first-order valence-corrected chi connectivity index (χ1v) is 6.35. The lowest BCUT2D eigenvalue weighted by Gasteiger charge is -2.04. The van der Waals surface area contributed by atoms with Crippen molar-refractivity contribution in [3.8, 4) is 0 Å². The summed E-state index contributed by atoms with van der Waals surface area (Å²) in [5, 5.41) is 3.68. The van der Waals surface area contributed by atoms with Crippen molar-refractivity contribution < 1.29 is 13.9 Å². The molecule has 5 heteroatoms. The molecule has 2 aromatic rings. The number of furan rings is 1. The average molecular weight is 262 g/mol. The number of nitrogens with one attached hydrogen (secondary N) is 1. The van der Waals surface area contributed by atoms with E-state index in [0.717, 1.165) is 17.4 Å². The van der Waals surface area contributed by atoms with Gasteiger partial charge in [-0.1, -0.05) is 18.2 Å². The van der Waals surface area contributed by atoms with Crippen molar-refractivity contribution in [2.45, 2.75) is 6.42 Å². The second-order valence-corrected chi connectivity index (χ2v) is 4.16. The van der Waals surface area contributed by atoms with E-state index < -0.39 is 0 Å². The van der Waals surface area contributed by atoms with Crippen molar-refractivity contribution in [3.05, 3.63) is 36.1 Å². The van der Waals surface area contributed by atoms with Gasteiger partial charge in [-0.2, -0.15) is 0 Å². The maximum absolute atomic E-state index is 12.0. The summed E-state index contributed by atoms with van der Waals surface area (Å²) in [5.74, 6) is -0.122. The van der Waals surface area contributed by atoms with Gasteiger partial charge < -0.3 is 20.2 Å². The Morgan fingerprint density at radius 2 is 2.16 bits per heavy atom. The number of nitrogens with two attached hydrogens (primary N) is 1. The Balaban J connectivity index is 1.83. The van der Waals surface area contributed by atoms with Crippen LogP contribution in [0.4, 0.5) is 0 Å². The third kappa shape index (κ3) is 3.56. The largest absolute Gasteiger partial charge is 0.463 e. The molecule has 0 radical (unpaired) electrons. The van der Waals surface area contributed by atoms with Crippen LogP contribution in [-0.2, 0) is 4.74 Å². The first-order chi connectivity index (χ1) is 9.33. The Hall–Kier alpha value is -1.85. The van der Waals surface area contributed by atoms with Crippen molar-refractivity contribution in [3.63, 3.8) is 0 Å². The van der Waals surface area contributed by atoms with Crippen LogP contribution in [0, 0.1) is 0 Å². The highest BCUT2D eigenvalue weighted by Gasteiger charge is 2.12. The summed E-state index contributed by atoms with van der Waals surface area (Å²) in [7, 11) is 0. The third-order valence-electron chi connectivity index (χ3n) is 2.74. The zero-order chi connectivity index (χ0) is 13.5. The molecule has 0 spiro atoms. The molecule has 5 nitrogen and oxygen atoms in total. The summed E-state index contributed by atoms with van der Waals surface area (Å²) in [5.41, 5.74) is 6.59. The van der Waals surface area contributed by atoms with Crippen LogP contribution in [0.3, 0.4) is 0 Å². The van der Waals surface area contributed by atoms with Gasteiger partial charge in [0.2, 0.25) is 0 Å². The van der Waals surface area contributed by atoms with Gasteiger partial charge >= 0.3 is 0 Å². The minimum atomic E-state index is -0.122. The number of rotatable bonds is 7. The topological polar surface area (TPSA) is 77.5 Å². The highest BCUT2D eigenvalue weighted by atomic mass is 16.5. The van der Waals surface area contributed by atoms with E-state index >= 15 is 0 Å². The molecule has 1 aromatic heterocycles. The Morgan fingerprint density at radius 3 is 3.00 bits per heavy atom. The number of amides is 1. The zero-order valence-electron chi connectivity index (χ0n) is 10.7. The highest BCUT2D eigenvalue weighted by Crippen LogP contribution is 2.20. The van der Waals surface area contributed by atoms with Crippen LogP contribution in [0.25, 0.3) is 11.0 Å². The number of hydrogen-bond donors (Lipinski definition) is 2. The van der Waals surface area contributed by atoms with Crippen LogP contribution in [0.1, 0.15) is 16.8 Å². The van der Waals surface area contributed by atoms with Crippen molar-refractivity contribution in [1.82, 2.24) is 5.32 Å². The number of carbonyl (C=O) groups is 1. The van der Waals surface area contributed by atoms with Gasteiger partial charge in [0, 0.05) is 25.1 Å². The molecule has 1 heterocycles. The predicted molar refractivity (Wildman–Crippen MR) is 73.0 cm³/mol. The van der Waals surface area contributed by atoms with Gasteiger partial charge in [-0.25, -0.2) is 0 Å². The van der Waals surface area contributed by atoms with E-state index in [1.165, 1.54) is 6.26 Å².